The molecule has 0 aromatic heterocycles. The molecule has 0 radical (unpaired) electrons. The number of amides is 2. The van der Waals surface area contributed by atoms with Gasteiger partial charge >= 0.3 is 5.97 Å². The topological polar surface area (TPSA) is 165 Å². The molecule has 52 heavy (non-hydrogen) atoms. The molecule has 14 heteroatoms. The van der Waals surface area contributed by atoms with E-state index in [2.05, 4.69) is 29.4 Å². The molecule has 3 aromatic carbocycles. The fourth-order valence-corrected chi connectivity index (χ4v) is 9.90. The standard InChI is InChI=1S/C38H49N3O8S3/c1-5-7-19-38(20-8-6-2)25-41(28-17-13-10-14-18-28)30-21-32(50-3)31(22-33(30)52(47,48)26-38)49-23-34(42)40-35(27-15-11-9-12-16-27)36(43)39-29(37(44)45)24-51(4)46/h9-18,21-22,29,35H,5-8,19-20,23-26H2,1-4H3,(H,39,43)(H,40,42)(H,44,45)/t29-,35+,51?/m0/s1. The van der Waals surface area contributed by atoms with Crippen LogP contribution in [0.25, 0.3) is 0 Å². The highest BCUT2D eigenvalue weighted by Gasteiger charge is 2.42. The van der Waals surface area contributed by atoms with Gasteiger partial charge in [0.15, 0.2) is 22.5 Å². The van der Waals surface area contributed by atoms with E-state index in [4.69, 9.17) is 4.74 Å². The summed E-state index contributed by atoms with van der Waals surface area (Å²) in [4.78, 5) is 41.4. The normalized spacial score (nSPS) is 16.4. The van der Waals surface area contributed by atoms with Gasteiger partial charge in [-0.2, -0.15) is 0 Å². The SMILES string of the molecule is CCCCC1(CCCC)CN(c2ccccc2)c2cc(SC)c(OCC(=O)N[C@@H](C(=O)N[C@@H](C[S+](C)[O-])C(=O)O)c3ccccc3)cc2S(=O)(=O)C1. The maximum Gasteiger partial charge on any atom is 0.331 e. The fourth-order valence-electron chi connectivity index (χ4n) is 6.54. The molecule has 1 unspecified atom stereocenters. The molecule has 2 amide bonds. The second kappa shape index (κ2) is 18.9. The monoisotopic (exact) mass is 771 g/mol. The number of anilines is 2. The van der Waals surface area contributed by atoms with Gasteiger partial charge in [-0.05, 0) is 42.9 Å². The van der Waals surface area contributed by atoms with E-state index >= 15 is 0 Å². The van der Waals surface area contributed by atoms with E-state index in [0.717, 1.165) is 44.2 Å². The van der Waals surface area contributed by atoms with Crippen LogP contribution in [0.15, 0.2) is 82.6 Å². The van der Waals surface area contributed by atoms with E-state index in [0.29, 0.717) is 22.7 Å². The predicted octanol–water partition coefficient (Wildman–Crippen LogP) is 5.88. The first kappa shape index (κ1) is 41.0. The van der Waals surface area contributed by atoms with Gasteiger partial charge in [0.2, 0.25) is 5.91 Å². The number of fused-ring (bicyclic) bond motifs is 1. The van der Waals surface area contributed by atoms with Crippen LogP contribution in [-0.4, -0.2) is 79.1 Å². The average Bonchev–Trinajstić information content (AvgIpc) is 3.22. The lowest BCUT2D eigenvalue weighted by Crippen LogP contribution is -2.50. The van der Waals surface area contributed by atoms with Crippen molar-refractivity contribution in [1.29, 1.82) is 0 Å². The summed E-state index contributed by atoms with van der Waals surface area (Å²) in [5.74, 6) is -2.95. The number of hydrogen-bond acceptors (Lipinski definition) is 9. The second-order valence-corrected chi connectivity index (χ2v) is 17.5. The summed E-state index contributed by atoms with van der Waals surface area (Å²) in [5, 5.41) is 14.6. The molecule has 0 fully saturated rings. The lowest BCUT2D eigenvalue weighted by molar-refractivity contribution is -0.141. The molecular formula is C38H49N3O8S3. The summed E-state index contributed by atoms with van der Waals surface area (Å²) < 4.78 is 46.6. The minimum atomic E-state index is -3.82. The summed E-state index contributed by atoms with van der Waals surface area (Å²) in [5.41, 5.74) is 1.37. The quantitative estimate of drug-likeness (QED) is 0.105. The Hall–Kier alpha value is -3.72. The molecule has 3 N–H and O–H groups in total. The zero-order valence-electron chi connectivity index (χ0n) is 30.1. The fraction of sp³-hybridized carbons (Fsp3) is 0.447. The molecule has 0 aliphatic carbocycles. The molecular weight excluding hydrogens is 723 g/mol. The Bertz CT molecular complexity index is 1770. The van der Waals surface area contributed by atoms with Crippen LogP contribution < -0.4 is 20.3 Å². The van der Waals surface area contributed by atoms with E-state index in [1.807, 2.05) is 42.7 Å². The third kappa shape index (κ3) is 10.7. The third-order valence-electron chi connectivity index (χ3n) is 9.13. The lowest BCUT2D eigenvalue weighted by atomic mass is 9.79. The van der Waals surface area contributed by atoms with Crippen molar-refractivity contribution in [2.24, 2.45) is 5.41 Å². The van der Waals surface area contributed by atoms with Gasteiger partial charge in [0, 0.05) is 23.7 Å². The largest absolute Gasteiger partial charge is 0.616 e. The van der Waals surface area contributed by atoms with Crippen molar-refractivity contribution in [2.45, 2.75) is 74.2 Å². The number of carbonyl (C=O) groups is 3. The molecule has 1 aliphatic rings. The van der Waals surface area contributed by atoms with Gasteiger partial charge in [-0.1, -0.05) is 99.2 Å². The van der Waals surface area contributed by atoms with E-state index in [-0.39, 0.29) is 22.2 Å². The number of hydrogen-bond donors (Lipinski definition) is 3. The number of thioether (sulfide) groups is 1. The smallest absolute Gasteiger partial charge is 0.331 e. The first-order valence-electron chi connectivity index (χ1n) is 17.4. The molecule has 3 aromatic rings. The van der Waals surface area contributed by atoms with Crippen LogP contribution in [0, 0.1) is 5.41 Å². The van der Waals surface area contributed by atoms with E-state index in [1.165, 1.54) is 24.1 Å². The van der Waals surface area contributed by atoms with Gasteiger partial charge in [-0.15, -0.1) is 11.8 Å². The Balaban J connectivity index is 1.67. The number of nitrogens with one attached hydrogen (secondary N) is 2. The number of para-hydroxylation sites is 1. The summed E-state index contributed by atoms with van der Waals surface area (Å²) in [7, 11) is -3.82. The number of unbranched alkanes of at least 4 members (excludes halogenated alkanes) is 2. The Morgan fingerprint density at radius 2 is 1.62 bits per heavy atom. The van der Waals surface area contributed by atoms with E-state index < -0.39 is 62.9 Å². The Morgan fingerprint density at radius 3 is 2.17 bits per heavy atom. The number of carbonyl (C=O) groups excluding carboxylic acids is 2. The number of sulfone groups is 1. The zero-order valence-corrected chi connectivity index (χ0v) is 32.6. The number of carboxylic acids is 1. The number of nitrogens with zero attached hydrogens (tertiary/aromatic N) is 1. The minimum Gasteiger partial charge on any atom is -0.616 e. The van der Waals surface area contributed by atoms with Crippen molar-refractivity contribution < 1.29 is 37.2 Å². The molecule has 3 atom stereocenters. The highest BCUT2D eigenvalue weighted by Crippen LogP contribution is 2.47. The number of rotatable bonds is 18. The first-order valence-corrected chi connectivity index (χ1v) is 22.0. The highest BCUT2D eigenvalue weighted by molar-refractivity contribution is 7.98. The van der Waals surface area contributed by atoms with Gasteiger partial charge < -0.3 is 29.9 Å². The van der Waals surface area contributed by atoms with Crippen LogP contribution in [0.1, 0.15) is 64.0 Å². The molecule has 1 aliphatic heterocycles. The summed E-state index contributed by atoms with van der Waals surface area (Å²) in [6.07, 6.45) is 8.46. The Kier molecular flexibility index (Phi) is 14.9. The average molecular weight is 772 g/mol. The van der Waals surface area contributed by atoms with Gasteiger partial charge in [0.05, 0.1) is 27.5 Å². The molecule has 11 nitrogen and oxygen atoms in total. The number of carboxylic acid groups (broad SMARTS) is 1. The number of benzene rings is 3. The van der Waals surface area contributed by atoms with Crippen LogP contribution in [0.4, 0.5) is 11.4 Å². The highest BCUT2D eigenvalue weighted by atomic mass is 32.2. The first-order chi connectivity index (χ1) is 24.8. The molecule has 4 rings (SSSR count). The van der Waals surface area contributed by atoms with Crippen molar-refractivity contribution in [3.05, 3.63) is 78.4 Å². The van der Waals surface area contributed by atoms with E-state index in [9.17, 15) is 32.5 Å². The van der Waals surface area contributed by atoms with Gasteiger partial charge in [0.25, 0.3) is 5.91 Å². The van der Waals surface area contributed by atoms with Crippen LogP contribution in [0.2, 0.25) is 0 Å². The maximum absolute atomic E-state index is 14.4. The van der Waals surface area contributed by atoms with Crippen molar-refractivity contribution in [3.63, 3.8) is 0 Å². The van der Waals surface area contributed by atoms with Crippen molar-refractivity contribution in [3.8, 4) is 5.75 Å². The van der Waals surface area contributed by atoms with Crippen molar-refractivity contribution >= 4 is 61.9 Å². The molecule has 1 heterocycles. The Morgan fingerprint density at radius 1 is 1.00 bits per heavy atom. The number of aliphatic carboxylic acids is 1. The molecule has 282 valence electrons. The Labute approximate surface area is 314 Å². The van der Waals surface area contributed by atoms with Crippen LogP contribution in [0.3, 0.4) is 0 Å². The molecule has 0 bridgehead atoms. The second-order valence-electron chi connectivity index (χ2n) is 13.2. The van der Waals surface area contributed by atoms with Crippen molar-refractivity contribution in [2.75, 3.05) is 42.1 Å². The zero-order chi connectivity index (χ0) is 37.9. The lowest BCUT2D eigenvalue weighted by Gasteiger charge is -2.37. The van der Waals surface area contributed by atoms with Crippen LogP contribution >= 0.6 is 11.8 Å². The van der Waals surface area contributed by atoms with Crippen LogP contribution in [-0.2, 0) is 35.4 Å². The maximum atomic E-state index is 14.4. The summed E-state index contributed by atoms with van der Waals surface area (Å²) in [6.45, 7) is 4.22. The van der Waals surface area contributed by atoms with Gasteiger partial charge in [-0.3, -0.25) is 9.59 Å². The predicted molar refractivity (Wildman–Crippen MR) is 207 cm³/mol. The number of ether oxygens (including phenoxy) is 1. The summed E-state index contributed by atoms with van der Waals surface area (Å²) in [6, 6.07) is 18.7. The van der Waals surface area contributed by atoms with E-state index in [1.54, 1.807) is 30.3 Å². The van der Waals surface area contributed by atoms with Crippen LogP contribution in [0.5, 0.6) is 5.75 Å². The van der Waals surface area contributed by atoms with Crippen molar-refractivity contribution in [1.82, 2.24) is 10.6 Å². The molecule has 0 saturated carbocycles. The molecule has 0 spiro atoms. The minimum absolute atomic E-state index is 0.00824. The summed E-state index contributed by atoms with van der Waals surface area (Å²) >= 11 is -0.150. The third-order valence-corrected chi connectivity index (χ3v) is 12.7. The van der Waals surface area contributed by atoms with Gasteiger partial charge in [0.1, 0.15) is 17.5 Å². The van der Waals surface area contributed by atoms with Gasteiger partial charge in [-0.25, -0.2) is 13.2 Å². The molecule has 0 saturated heterocycles.